The van der Waals surface area contributed by atoms with Crippen LogP contribution >= 0.6 is 11.3 Å². The van der Waals surface area contributed by atoms with Crippen LogP contribution in [0.15, 0.2) is 23.6 Å². The zero-order valence-electron chi connectivity index (χ0n) is 15.2. The Bertz CT molecular complexity index is 804. The maximum absolute atomic E-state index is 12.4. The molecule has 3 unspecified atom stereocenters. The van der Waals surface area contributed by atoms with Crippen LogP contribution in [0.2, 0.25) is 0 Å². The van der Waals surface area contributed by atoms with Gasteiger partial charge in [-0.25, -0.2) is 4.98 Å². The molecule has 0 radical (unpaired) electrons. The maximum atomic E-state index is 12.4. The number of nitrogens with one attached hydrogen (secondary N) is 1. The Morgan fingerprint density at radius 2 is 2.15 bits per heavy atom. The van der Waals surface area contributed by atoms with E-state index in [1.807, 2.05) is 23.6 Å². The molecule has 0 saturated heterocycles. The van der Waals surface area contributed by atoms with E-state index in [-0.39, 0.29) is 5.91 Å². The smallest absolute Gasteiger partial charge is 0.226 e. The Labute approximate surface area is 157 Å². The van der Waals surface area contributed by atoms with E-state index in [0.717, 1.165) is 34.6 Å². The fourth-order valence-corrected chi connectivity index (χ4v) is 5.23. The Hall–Kier alpha value is -2.08. The van der Waals surface area contributed by atoms with Crippen LogP contribution in [0.5, 0.6) is 11.5 Å². The quantitative estimate of drug-likeness (QED) is 0.805. The standard InChI is InChI=1S/C20H24N2O3S/c1-24-15-5-6-18(25-2)16(10-15)17-11-26-20(21-17)22-19(23)9-14-8-12-3-4-13(14)7-12/h5-6,10-14H,3-4,7-9H2,1-2H3,(H,21,22,23). The van der Waals surface area contributed by atoms with E-state index in [4.69, 9.17) is 9.47 Å². The molecular weight excluding hydrogens is 348 g/mol. The van der Waals surface area contributed by atoms with Crippen molar-refractivity contribution in [3.05, 3.63) is 23.6 Å². The summed E-state index contributed by atoms with van der Waals surface area (Å²) in [7, 11) is 3.27. The molecule has 4 rings (SSSR count). The number of hydrogen-bond donors (Lipinski definition) is 1. The largest absolute Gasteiger partial charge is 0.497 e. The molecule has 0 aliphatic heterocycles. The Morgan fingerprint density at radius 3 is 2.85 bits per heavy atom. The molecule has 6 heteroatoms. The number of carbonyl (C=O) groups is 1. The summed E-state index contributed by atoms with van der Waals surface area (Å²) in [6, 6.07) is 5.61. The predicted molar refractivity (Wildman–Crippen MR) is 103 cm³/mol. The van der Waals surface area contributed by atoms with Crippen molar-refractivity contribution in [1.82, 2.24) is 4.98 Å². The number of ether oxygens (including phenoxy) is 2. The van der Waals surface area contributed by atoms with E-state index < -0.39 is 0 Å². The number of anilines is 1. The second-order valence-electron chi connectivity index (χ2n) is 7.29. The van der Waals surface area contributed by atoms with Crippen LogP contribution < -0.4 is 14.8 Å². The van der Waals surface area contributed by atoms with Gasteiger partial charge in [0.05, 0.1) is 19.9 Å². The normalized spacial score (nSPS) is 23.8. The molecule has 1 N–H and O–H groups in total. The fraction of sp³-hybridized carbons (Fsp3) is 0.500. The Balaban J connectivity index is 1.44. The van der Waals surface area contributed by atoms with E-state index in [1.165, 1.54) is 37.0 Å². The number of benzene rings is 1. The minimum atomic E-state index is 0.0843. The molecular formula is C20H24N2O3S. The van der Waals surface area contributed by atoms with Crippen molar-refractivity contribution in [1.29, 1.82) is 0 Å². The van der Waals surface area contributed by atoms with Crippen LogP contribution in [0.1, 0.15) is 32.1 Å². The van der Waals surface area contributed by atoms with Gasteiger partial charge in [0.15, 0.2) is 5.13 Å². The Morgan fingerprint density at radius 1 is 1.27 bits per heavy atom. The lowest BCUT2D eigenvalue weighted by Gasteiger charge is -2.20. The van der Waals surface area contributed by atoms with Crippen molar-refractivity contribution in [2.45, 2.75) is 32.1 Å². The molecule has 1 aromatic carbocycles. The van der Waals surface area contributed by atoms with Gasteiger partial charge in [0.25, 0.3) is 0 Å². The van der Waals surface area contributed by atoms with Crippen LogP contribution in [0.4, 0.5) is 5.13 Å². The molecule has 138 valence electrons. The minimum absolute atomic E-state index is 0.0843. The van der Waals surface area contributed by atoms with Crippen LogP contribution in [0.3, 0.4) is 0 Å². The minimum Gasteiger partial charge on any atom is -0.497 e. The van der Waals surface area contributed by atoms with Gasteiger partial charge in [-0.05, 0) is 55.2 Å². The zero-order valence-corrected chi connectivity index (χ0v) is 16.0. The lowest BCUT2D eigenvalue weighted by atomic mass is 9.86. The van der Waals surface area contributed by atoms with Crippen molar-refractivity contribution in [2.24, 2.45) is 17.8 Å². The zero-order chi connectivity index (χ0) is 18.1. The van der Waals surface area contributed by atoms with Gasteiger partial charge in [0.2, 0.25) is 5.91 Å². The molecule has 2 saturated carbocycles. The fourth-order valence-electron chi connectivity index (χ4n) is 4.50. The topological polar surface area (TPSA) is 60.5 Å². The summed E-state index contributed by atoms with van der Waals surface area (Å²) in [6.45, 7) is 0. The number of hydrogen-bond acceptors (Lipinski definition) is 5. The van der Waals surface area contributed by atoms with Crippen LogP contribution in [0.25, 0.3) is 11.3 Å². The molecule has 1 heterocycles. The molecule has 2 aromatic rings. The number of aromatic nitrogens is 1. The molecule has 2 bridgehead atoms. The number of nitrogens with zero attached hydrogens (tertiary/aromatic N) is 1. The molecule has 2 aliphatic carbocycles. The average Bonchev–Trinajstić information content (AvgIpc) is 3.38. The van der Waals surface area contributed by atoms with Gasteiger partial charge < -0.3 is 14.8 Å². The lowest BCUT2D eigenvalue weighted by Crippen LogP contribution is -2.20. The number of fused-ring (bicyclic) bond motifs is 2. The van der Waals surface area contributed by atoms with Crippen molar-refractivity contribution in [2.75, 3.05) is 19.5 Å². The first-order valence-electron chi connectivity index (χ1n) is 9.14. The van der Waals surface area contributed by atoms with Crippen LogP contribution in [-0.2, 0) is 4.79 Å². The van der Waals surface area contributed by atoms with Gasteiger partial charge >= 0.3 is 0 Å². The second kappa shape index (κ2) is 7.27. The van der Waals surface area contributed by atoms with E-state index in [2.05, 4.69) is 10.3 Å². The highest BCUT2D eigenvalue weighted by molar-refractivity contribution is 7.14. The molecule has 0 spiro atoms. The summed E-state index contributed by atoms with van der Waals surface area (Å²) >= 11 is 1.44. The maximum Gasteiger partial charge on any atom is 0.226 e. The summed E-state index contributed by atoms with van der Waals surface area (Å²) in [6.07, 6.45) is 5.84. The highest BCUT2D eigenvalue weighted by Crippen LogP contribution is 2.49. The van der Waals surface area contributed by atoms with Crippen LogP contribution in [0, 0.1) is 17.8 Å². The number of methoxy groups -OCH3 is 2. The van der Waals surface area contributed by atoms with Gasteiger partial charge in [-0.2, -0.15) is 0 Å². The Kier molecular flexibility index (Phi) is 4.85. The molecule has 3 atom stereocenters. The SMILES string of the molecule is COc1ccc(OC)c(-c2csc(NC(=O)CC3CC4CCC3C4)n2)c1. The van der Waals surface area contributed by atoms with Gasteiger partial charge in [0, 0.05) is 17.4 Å². The first-order valence-corrected chi connectivity index (χ1v) is 10.0. The third kappa shape index (κ3) is 3.43. The number of carbonyl (C=O) groups excluding carboxylic acids is 1. The molecule has 5 nitrogen and oxygen atoms in total. The first-order chi connectivity index (χ1) is 12.7. The van der Waals surface area contributed by atoms with Crippen molar-refractivity contribution in [3.63, 3.8) is 0 Å². The number of amides is 1. The predicted octanol–water partition coefficient (Wildman–Crippen LogP) is 4.59. The first kappa shape index (κ1) is 17.3. The number of rotatable bonds is 6. The summed E-state index contributed by atoms with van der Waals surface area (Å²) in [5, 5.41) is 5.55. The van der Waals surface area contributed by atoms with Gasteiger partial charge in [-0.15, -0.1) is 11.3 Å². The average molecular weight is 372 g/mol. The number of thiazole rings is 1. The highest BCUT2D eigenvalue weighted by atomic mass is 32.1. The summed E-state index contributed by atoms with van der Waals surface area (Å²) in [5.74, 6) is 3.75. The van der Waals surface area contributed by atoms with Gasteiger partial charge in [-0.3, -0.25) is 4.79 Å². The third-order valence-corrected chi connectivity index (χ3v) is 6.52. The summed E-state index contributed by atoms with van der Waals surface area (Å²) in [4.78, 5) is 17.0. The molecule has 1 amide bonds. The molecule has 1 aromatic heterocycles. The highest BCUT2D eigenvalue weighted by Gasteiger charge is 2.40. The monoisotopic (exact) mass is 372 g/mol. The second-order valence-corrected chi connectivity index (χ2v) is 8.15. The van der Waals surface area contributed by atoms with Gasteiger partial charge in [-0.1, -0.05) is 6.42 Å². The van der Waals surface area contributed by atoms with E-state index >= 15 is 0 Å². The molecule has 2 fully saturated rings. The van der Waals surface area contributed by atoms with Crippen LogP contribution in [-0.4, -0.2) is 25.1 Å². The van der Waals surface area contributed by atoms with Gasteiger partial charge in [0.1, 0.15) is 11.5 Å². The van der Waals surface area contributed by atoms with Crippen molar-refractivity contribution in [3.8, 4) is 22.8 Å². The van der Waals surface area contributed by atoms with Crippen molar-refractivity contribution < 1.29 is 14.3 Å². The lowest BCUT2D eigenvalue weighted by molar-refractivity contribution is -0.117. The van der Waals surface area contributed by atoms with E-state index in [9.17, 15) is 4.79 Å². The summed E-state index contributed by atoms with van der Waals surface area (Å²) < 4.78 is 10.7. The summed E-state index contributed by atoms with van der Waals surface area (Å²) in [5.41, 5.74) is 1.64. The van der Waals surface area contributed by atoms with Crippen molar-refractivity contribution >= 4 is 22.4 Å². The third-order valence-electron chi connectivity index (χ3n) is 5.77. The molecule has 26 heavy (non-hydrogen) atoms. The van der Waals surface area contributed by atoms with E-state index in [1.54, 1.807) is 14.2 Å². The van der Waals surface area contributed by atoms with E-state index in [0.29, 0.717) is 17.5 Å². The molecule has 2 aliphatic rings.